The minimum atomic E-state index is -1.15. The Bertz CT molecular complexity index is 395. The number of amides is 1. The molecule has 82 valence electrons. The van der Waals surface area contributed by atoms with Crippen LogP contribution in [-0.2, 0) is 0 Å². The first kappa shape index (κ1) is 11.2. The Kier molecular flexibility index (Phi) is 3.08. The summed E-state index contributed by atoms with van der Waals surface area (Å²) in [5.41, 5.74) is 0.00282. The third kappa shape index (κ3) is 1.98. The van der Waals surface area contributed by atoms with Crippen LogP contribution in [0.4, 0.5) is 0 Å². The topological polar surface area (TPSA) is 84.2 Å². The normalized spacial score (nSPS) is 10.4. The summed E-state index contributed by atoms with van der Waals surface area (Å²) in [6.07, 6.45) is 1.19. The van der Waals surface area contributed by atoms with Crippen LogP contribution >= 0.6 is 0 Å². The molecule has 6 heteroatoms. The summed E-state index contributed by atoms with van der Waals surface area (Å²) in [5, 5.41) is 15.1. The zero-order valence-corrected chi connectivity index (χ0v) is 8.81. The lowest BCUT2D eigenvalue weighted by atomic mass is 10.2. The quantitative estimate of drug-likeness (QED) is 0.763. The minimum absolute atomic E-state index is 0.0644. The maximum absolute atomic E-state index is 11.5. The third-order valence-corrected chi connectivity index (χ3v) is 1.96. The van der Waals surface area contributed by atoms with Gasteiger partial charge in [-0.05, 0) is 13.8 Å². The molecule has 0 aromatic carbocycles. The number of carbonyl (C=O) groups excluding carboxylic acids is 1. The molecule has 1 aromatic rings. The number of aromatic carboxylic acids is 1. The molecular weight excluding hydrogens is 198 g/mol. The highest BCUT2D eigenvalue weighted by atomic mass is 16.4. The van der Waals surface area contributed by atoms with Crippen LogP contribution in [-0.4, -0.2) is 33.8 Å². The van der Waals surface area contributed by atoms with Gasteiger partial charge in [-0.1, -0.05) is 0 Å². The Morgan fingerprint density at radius 3 is 2.53 bits per heavy atom. The van der Waals surface area contributed by atoms with Crippen LogP contribution in [0.15, 0.2) is 6.20 Å². The van der Waals surface area contributed by atoms with E-state index in [1.807, 2.05) is 13.8 Å². The van der Waals surface area contributed by atoms with Crippen LogP contribution in [0, 0.1) is 0 Å². The molecule has 0 radical (unpaired) electrons. The summed E-state index contributed by atoms with van der Waals surface area (Å²) in [5.74, 6) is -1.60. The number of hydrogen-bond acceptors (Lipinski definition) is 3. The Balaban J connectivity index is 3.32. The van der Waals surface area contributed by atoms with Crippen LogP contribution in [0.5, 0.6) is 0 Å². The molecule has 0 spiro atoms. The molecule has 0 saturated carbocycles. The van der Waals surface area contributed by atoms with Gasteiger partial charge in [0.2, 0.25) is 0 Å². The van der Waals surface area contributed by atoms with Gasteiger partial charge in [-0.3, -0.25) is 9.48 Å². The third-order valence-electron chi connectivity index (χ3n) is 1.96. The largest absolute Gasteiger partial charge is 0.478 e. The molecular formula is C9H13N3O3. The van der Waals surface area contributed by atoms with Crippen molar-refractivity contribution in [2.24, 2.45) is 0 Å². The van der Waals surface area contributed by atoms with Gasteiger partial charge in [-0.15, -0.1) is 0 Å². The van der Waals surface area contributed by atoms with E-state index in [2.05, 4.69) is 10.4 Å². The molecule has 1 heterocycles. The van der Waals surface area contributed by atoms with E-state index in [0.717, 1.165) is 0 Å². The lowest BCUT2D eigenvalue weighted by molar-refractivity contribution is 0.0690. The smallest absolute Gasteiger partial charge is 0.339 e. The maximum Gasteiger partial charge on any atom is 0.339 e. The number of carbonyl (C=O) groups is 2. The Morgan fingerprint density at radius 2 is 2.13 bits per heavy atom. The first-order valence-corrected chi connectivity index (χ1v) is 4.52. The molecule has 1 aromatic heterocycles. The van der Waals surface area contributed by atoms with E-state index < -0.39 is 11.9 Å². The second kappa shape index (κ2) is 4.12. The van der Waals surface area contributed by atoms with Gasteiger partial charge in [-0.2, -0.15) is 5.10 Å². The first-order valence-electron chi connectivity index (χ1n) is 4.52. The van der Waals surface area contributed by atoms with Crippen molar-refractivity contribution in [1.29, 1.82) is 0 Å². The van der Waals surface area contributed by atoms with E-state index in [4.69, 9.17) is 5.11 Å². The average molecular weight is 211 g/mol. The van der Waals surface area contributed by atoms with Crippen molar-refractivity contribution in [3.8, 4) is 0 Å². The van der Waals surface area contributed by atoms with E-state index in [1.165, 1.54) is 17.9 Å². The summed E-state index contributed by atoms with van der Waals surface area (Å²) in [6.45, 7) is 3.65. The van der Waals surface area contributed by atoms with Crippen molar-refractivity contribution in [3.63, 3.8) is 0 Å². The van der Waals surface area contributed by atoms with Gasteiger partial charge < -0.3 is 10.4 Å². The van der Waals surface area contributed by atoms with Crippen molar-refractivity contribution in [3.05, 3.63) is 17.5 Å². The fourth-order valence-corrected chi connectivity index (χ4v) is 1.26. The summed E-state index contributed by atoms with van der Waals surface area (Å²) < 4.78 is 1.39. The summed E-state index contributed by atoms with van der Waals surface area (Å²) in [4.78, 5) is 22.3. The molecule has 15 heavy (non-hydrogen) atoms. The molecule has 0 aliphatic carbocycles. The van der Waals surface area contributed by atoms with E-state index in [9.17, 15) is 9.59 Å². The number of nitrogens with zero attached hydrogens (tertiary/aromatic N) is 2. The highest BCUT2D eigenvalue weighted by Crippen LogP contribution is 2.13. The second-order valence-electron chi connectivity index (χ2n) is 3.33. The predicted molar refractivity (Wildman–Crippen MR) is 53.0 cm³/mol. The standard InChI is InChI=1S/C9H13N3O3/c1-5(2)12-7(8(13)10-3)6(4-11-12)9(14)15/h4-5H,1-3H3,(H,10,13)(H,14,15). The van der Waals surface area contributed by atoms with Gasteiger partial charge in [0.1, 0.15) is 11.3 Å². The molecule has 1 amide bonds. The molecule has 1 rings (SSSR count). The highest BCUT2D eigenvalue weighted by Gasteiger charge is 2.23. The second-order valence-corrected chi connectivity index (χ2v) is 3.33. The number of carboxylic acid groups (broad SMARTS) is 1. The Labute approximate surface area is 86.9 Å². The number of rotatable bonds is 3. The fourth-order valence-electron chi connectivity index (χ4n) is 1.26. The maximum atomic E-state index is 11.5. The molecule has 2 N–H and O–H groups in total. The van der Waals surface area contributed by atoms with Gasteiger partial charge >= 0.3 is 5.97 Å². The number of nitrogens with one attached hydrogen (secondary N) is 1. The Morgan fingerprint density at radius 1 is 1.53 bits per heavy atom. The number of carboxylic acids is 1. The van der Waals surface area contributed by atoms with Crippen molar-refractivity contribution in [1.82, 2.24) is 15.1 Å². The van der Waals surface area contributed by atoms with E-state index in [1.54, 1.807) is 0 Å². The van der Waals surface area contributed by atoms with Gasteiger partial charge in [0.15, 0.2) is 0 Å². The molecule has 0 fully saturated rings. The van der Waals surface area contributed by atoms with Gasteiger partial charge in [-0.25, -0.2) is 4.79 Å². The highest BCUT2D eigenvalue weighted by molar-refractivity contribution is 6.03. The SMILES string of the molecule is CNC(=O)c1c(C(=O)O)cnn1C(C)C. The van der Waals surface area contributed by atoms with Gasteiger partial charge in [0, 0.05) is 13.1 Å². The van der Waals surface area contributed by atoms with Crippen LogP contribution in [0.2, 0.25) is 0 Å². The van der Waals surface area contributed by atoms with E-state index in [-0.39, 0.29) is 17.3 Å². The van der Waals surface area contributed by atoms with Crippen LogP contribution in [0.3, 0.4) is 0 Å². The summed E-state index contributed by atoms with van der Waals surface area (Å²) >= 11 is 0. The lowest BCUT2D eigenvalue weighted by Gasteiger charge is -2.10. The van der Waals surface area contributed by atoms with E-state index >= 15 is 0 Å². The summed E-state index contributed by atoms with van der Waals surface area (Å²) in [7, 11) is 1.45. The van der Waals surface area contributed by atoms with Gasteiger partial charge in [0.25, 0.3) is 5.91 Å². The fraction of sp³-hybridized carbons (Fsp3) is 0.444. The van der Waals surface area contributed by atoms with Crippen molar-refractivity contribution in [2.75, 3.05) is 7.05 Å². The molecule has 0 saturated heterocycles. The van der Waals surface area contributed by atoms with Gasteiger partial charge in [0.05, 0.1) is 6.20 Å². The number of hydrogen-bond donors (Lipinski definition) is 2. The molecule has 0 bridgehead atoms. The number of aromatic nitrogens is 2. The molecule has 0 atom stereocenters. The zero-order chi connectivity index (χ0) is 11.6. The zero-order valence-electron chi connectivity index (χ0n) is 8.81. The van der Waals surface area contributed by atoms with Crippen molar-refractivity contribution >= 4 is 11.9 Å². The minimum Gasteiger partial charge on any atom is -0.478 e. The lowest BCUT2D eigenvalue weighted by Crippen LogP contribution is -2.25. The summed E-state index contributed by atoms with van der Waals surface area (Å²) in [6, 6.07) is -0.0644. The van der Waals surface area contributed by atoms with E-state index in [0.29, 0.717) is 0 Å². The van der Waals surface area contributed by atoms with Crippen LogP contribution in [0.25, 0.3) is 0 Å². The Hall–Kier alpha value is -1.85. The first-order chi connectivity index (χ1) is 6.99. The average Bonchev–Trinajstić information content (AvgIpc) is 2.60. The molecule has 0 unspecified atom stereocenters. The monoisotopic (exact) mass is 211 g/mol. The van der Waals surface area contributed by atoms with Crippen molar-refractivity contribution in [2.45, 2.75) is 19.9 Å². The predicted octanol–water partition coefficient (Wildman–Crippen LogP) is 0.522. The van der Waals surface area contributed by atoms with Crippen LogP contribution < -0.4 is 5.32 Å². The molecule has 6 nitrogen and oxygen atoms in total. The molecule has 0 aliphatic rings. The van der Waals surface area contributed by atoms with Crippen LogP contribution in [0.1, 0.15) is 40.7 Å². The molecule has 0 aliphatic heterocycles. The van der Waals surface area contributed by atoms with Crippen molar-refractivity contribution < 1.29 is 14.7 Å².